The van der Waals surface area contributed by atoms with Crippen molar-refractivity contribution in [1.82, 2.24) is 29.8 Å². The van der Waals surface area contributed by atoms with Gasteiger partial charge in [0.1, 0.15) is 90.1 Å². The lowest BCUT2D eigenvalue weighted by Crippen LogP contribution is -2.50. The van der Waals surface area contributed by atoms with Gasteiger partial charge in [0.15, 0.2) is 0 Å². The van der Waals surface area contributed by atoms with E-state index in [-0.39, 0.29) is 73.4 Å². The summed E-state index contributed by atoms with van der Waals surface area (Å²) in [4.78, 5) is 117. The Morgan fingerprint density at radius 3 is 1.21 bits per heavy atom. The summed E-state index contributed by atoms with van der Waals surface area (Å²) < 4.78 is 128. The highest BCUT2D eigenvalue weighted by atomic mass is 35.5. The second kappa shape index (κ2) is 46.3. The van der Waals surface area contributed by atoms with Crippen molar-refractivity contribution in [3.05, 3.63) is 276 Å². The number of nitrogens with one attached hydrogen (secondary N) is 1. The minimum atomic E-state index is -4.75. The maximum Gasteiger partial charge on any atom is 0.357 e. The van der Waals surface area contributed by atoms with Gasteiger partial charge in [0.2, 0.25) is 33.4 Å². The van der Waals surface area contributed by atoms with Crippen LogP contribution in [0.15, 0.2) is 248 Å². The van der Waals surface area contributed by atoms with E-state index in [9.17, 15) is 66.6 Å². The van der Waals surface area contributed by atoms with Gasteiger partial charge in [-0.15, -0.1) is 56.9 Å². The van der Waals surface area contributed by atoms with Crippen molar-refractivity contribution < 1.29 is 92.5 Å². The van der Waals surface area contributed by atoms with Crippen molar-refractivity contribution in [2.45, 2.75) is 92.3 Å². The first-order valence-electron chi connectivity index (χ1n) is 47.5. The molecule has 31 nitrogen and oxygen atoms in total. The molecule has 0 radical (unpaired) electrons. The molecule has 1 aliphatic carbocycles. The summed E-state index contributed by atoms with van der Waals surface area (Å²) in [6.07, 6.45) is 3.51. The zero-order valence-corrected chi connectivity index (χ0v) is 92.4. The van der Waals surface area contributed by atoms with Gasteiger partial charge in [0, 0.05) is 142 Å². The number of alkyl halides is 1. The van der Waals surface area contributed by atoms with Crippen LogP contribution in [0.25, 0.3) is 149 Å². The van der Waals surface area contributed by atoms with E-state index in [0.717, 1.165) is 94.3 Å². The number of ether oxygens (including phenoxy) is 2. The average Bonchev–Trinajstić information content (AvgIpc) is 1.70. The predicted molar refractivity (Wildman–Crippen MR) is 598 cm³/mol. The standard InChI is InChI=1S/C29H40ClN2O6P.C22H22NO4PS.C21H19N2O5PS.C19H16NO4PS.C17H12NO5PS/c1-22-8-10-24-26(20-22)38-27-21-23(32(2)3)9-11-25(27)29(24)39(34,35)19-12-28(33)31-14-16-37-18-17-36-15-7-5-4-6-13-30;1-13-10-11-14-16(12-13)26-21(24)18(19(14)28(5,25)27-22(2,3)4)20-23-15-8-6-7-9-17(15)29-20;1-27-29(2,26)19-14-8-7-12(23-10-13(24)11-23)9-16(14)28-21(25)18(19)20-22-15-5-3-4-6-17(15)30-20;1-11-8-9-12-14(10-11)24-19(21)16(17(12)25(3,22)23-2)18-20-13-6-4-5-7-15(13)26-18;1-9-6-7-10-12(8-9)23-17(19)14(15(10)24(20,21)22)16-18-11-4-2-3-5-13(11)25-16/h8-11,20-21H,4-7,12-19H2,1-3H3,(H-,31,33,34,35);6-12H,1-5H3;3-9,13,24H,10-11H2,1-2H3;4-10H,1-3H3;2-8H,1H3,(H2,20,21,22). The number of para-hydroxylation sites is 4. The number of β-amino-alcohol motifs (C(OH)–C–C–N with tert-alkyl or cyclic N) is 1. The number of hydrogen-bond acceptors (Lipinski definition) is 31. The number of unbranched alkanes of at least 4 members (excludes halogenated alkanes) is 3. The Labute approximate surface area is 876 Å². The molecule has 1 amide bonds. The molecule has 4 unspecified atom stereocenters. The van der Waals surface area contributed by atoms with Crippen molar-refractivity contribution in [2.75, 3.05) is 111 Å². The fraction of sp³-hybridized carbons (Fsp3) is 0.278. The highest BCUT2D eigenvalue weighted by Gasteiger charge is 2.39. The molecule has 20 rings (SSSR count). The predicted octanol–water partition coefficient (Wildman–Crippen LogP) is 20.4. The van der Waals surface area contributed by atoms with Crippen molar-refractivity contribution in [3.8, 4) is 53.6 Å². The van der Waals surface area contributed by atoms with E-state index in [4.69, 9.17) is 56.7 Å². The molecular formula is C108H109ClN7O24P5S4. The topological polar surface area (TPSA) is 436 Å². The van der Waals surface area contributed by atoms with Gasteiger partial charge in [-0.2, -0.15) is 0 Å². The molecule has 149 heavy (non-hydrogen) atoms. The second-order valence-electron chi connectivity index (χ2n) is 37.1. The summed E-state index contributed by atoms with van der Waals surface area (Å²) >= 11 is 10.9. The first-order valence-corrected chi connectivity index (χ1v) is 60.9. The van der Waals surface area contributed by atoms with Gasteiger partial charge in [-0.1, -0.05) is 110 Å². The number of thiazole rings is 4. The summed E-state index contributed by atoms with van der Waals surface area (Å²) in [7, 11) is -12.3. The fourth-order valence-corrected chi connectivity index (χ4v) is 29.7. The molecule has 9 aromatic carbocycles. The molecule has 10 heterocycles. The van der Waals surface area contributed by atoms with E-state index in [1.165, 1.54) is 72.9 Å². The fourth-order valence-electron chi connectivity index (χ4n) is 17.2. The van der Waals surface area contributed by atoms with E-state index in [0.29, 0.717) is 144 Å². The number of nitrogens with zero attached hydrogens (tertiary/aromatic N) is 6. The number of amides is 1. The van der Waals surface area contributed by atoms with Gasteiger partial charge in [-0.05, 0) is 175 Å². The lowest BCUT2D eigenvalue weighted by molar-refractivity contribution is -0.171. The Morgan fingerprint density at radius 2 is 0.832 bits per heavy atom. The number of carbonyl (C=O) groups is 1. The number of anilines is 1. The maximum atomic E-state index is 13.9. The van der Waals surface area contributed by atoms with E-state index in [1.54, 1.807) is 80.3 Å². The molecule has 0 spiro atoms. The summed E-state index contributed by atoms with van der Waals surface area (Å²) in [6, 6.07) is 62.3. The molecular weight excluding hydrogens is 2100 g/mol. The Bertz CT molecular complexity index is 8790. The number of aliphatic hydroxyl groups excluding tert-OH is 1. The third kappa shape index (κ3) is 25.3. The molecule has 8 aromatic heterocycles. The van der Waals surface area contributed by atoms with Gasteiger partial charge < -0.3 is 79.7 Å². The Balaban J connectivity index is 0.000000134. The zero-order chi connectivity index (χ0) is 107. The molecule has 41 heteroatoms. The number of aliphatic hydroxyl groups is 1. The first kappa shape index (κ1) is 110. The molecule has 3 aliphatic rings. The highest BCUT2D eigenvalue weighted by molar-refractivity contribution is 7.68. The largest absolute Gasteiger partial charge is 0.796 e. The molecule has 776 valence electrons. The van der Waals surface area contributed by atoms with Crippen LogP contribution in [-0.4, -0.2) is 159 Å². The number of halogens is 1. The van der Waals surface area contributed by atoms with Crippen LogP contribution in [0, 0.1) is 27.7 Å². The van der Waals surface area contributed by atoms with E-state index in [1.807, 2.05) is 205 Å². The van der Waals surface area contributed by atoms with Crippen molar-refractivity contribution >= 4 is 228 Å². The van der Waals surface area contributed by atoms with E-state index in [2.05, 4.69) is 25.3 Å². The van der Waals surface area contributed by atoms with Gasteiger partial charge in [-0.25, -0.2) is 43.7 Å². The Hall–Kier alpha value is -11.6. The van der Waals surface area contributed by atoms with Crippen molar-refractivity contribution in [2.24, 2.45) is 0 Å². The van der Waals surface area contributed by atoms with Crippen molar-refractivity contribution in [1.29, 1.82) is 0 Å². The third-order valence-electron chi connectivity index (χ3n) is 24.3. The minimum absolute atomic E-state index is 0.135. The molecule has 4 atom stereocenters. The summed E-state index contributed by atoms with van der Waals surface area (Å²) in [5.74, 6) is 0.863. The molecule has 0 bridgehead atoms. The van der Waals surface area contributed by atoms with E-state index >= 15 is 0 Å². The Morgan fingerprint density at radius 1 is 0.470 bits per heavy atom. The van der Waals surface area contributed by atoms with Gasteiger partial charge >= 0.3 is 30.1 Å². The van der Waals surface area contributed by atoms with Crippen LogP contribution in [-0.2, 0) is 50.7 Å². The number of rotatable bonds is 28. The van der Waals surface area contributed by atoms with Crippen LogP contribution in [0.3, 0.4) is 0 Å². The minimum Gasteiger partial charge on any atom is -0.796 e. The van der Waals surface area contributed by atoms with Crippen LogP contribution in [0.2, 0.25) is 0 Å². The van der Waals surface area contributed by atoms with Gasteiger partial charge in [0.05, 0.1) is 99.7 Å². The summed E-state index contributed by atoms with van der Waals surface area (Å²) in [5, 5.41) is 18.3. The number of carbonyl (C=O) groups excluding carboxylic acids is 1. The second-order valence-corrected chi connectivity index (χ2v) is 52.7. The zero-order valence-electron chi connectivity index (χ0n) is 84.0. The van der Waals surface area contributed by atoms with Gasteiger partial charge in [-0.3, -0.25) is 23.1 Å². The van der Waals surface area contributed by atoms with Crippen LogP contribution < -0.4 is 74.1 Å². The van der Waals surface area contributed by atoms with Crippen LogP contribution in [0.4, 0.5) is 5.69 Å². The normalized spacial score (nSPS) is 14.0. The molecule has 17 aromatic rings. The number of aryl methyl sites for hydroxylation is 4. The van der Waals surface area contributed by atoms with Crippen LogP contribution >= 0.6 is 94.0 Å². The smallest absolute Gasteiger partial charge is 0.357 e. The van der Waals surface area contributed by atoms with Crippen LogP contribution in [0.5, 0.6) is 0 Å². The monoisotopic (exact) mass is 2210 g/mol. The number of benzene rings is 10. The number of aromatic nitrogens is 4. The van der Waals surface area contributed by atoms with Gasteiger partial charge in [0.25, 0.3) is 0 Å². The maximum absolute atomic E-state index is 13.9. The lowest BCUT2D eigenvalue weighted by atomic mass is 10.1. The number of fused-ring (bicyclic) bond motifs is 10. The average molecular weight is 2210 g/mol. The van der Waals surface area contributed by atoms with E-state index < -0.39 is 65.2 Å². The summed E-state index contributed by atoms with van der Waals surface area (Å²) in [6.45, 7) is 21.0. The molecule has 1 saturated heterocycles. The Kier molecular flexibility index (Phi) is 34.2. The van der Waals surface area contributed by atoms with Crippen molar-refractivity contribution in [3.63, 3.8) is 0 Å². The molecule has 4 N–H and O–H groups in total. The SMILES string of the molecule is COP(C)(=O)c1c(-c2nc3ccccc3s2)c(=O)oc2cc(C)ccc12.COP(C)(=O)c1c(-c2nc3ccccc3s2)c(=O)oc2cc(N3CC(O)C3)ccc12.Cc1ccc2c(P(=O)(O)O)c(-c3nc4ccccc4s3)c(=O)oc2c1.Cc1ccc2c(P(=O)([O-])CCC(=O)NCCOCCOCCCCCCCl)c3ccc(=[N+](C)C)cc-3oc2c1.Cc1ccc2c(P(C)(=O)OC(C)(C)C)c(-c3nc4ccccc4s3)c(=O)oc2c1. The van der Waals surface area contributed by atoms with Crippen LogP contribution in [0.1, 0.15) is 75.1 Å². The highest BCUT2D eigenvalue weighted by Crippen LogP contribution is 2.53. The summed E-state index contributed by atoms with van der Waals surface area (Å²) in [5.41, 5.74) is 7.05. The quantitative estimate of drug-likeness (QED) is 0.00883. The molecule has 0 saturated carbocycles. The first-order chi connectivity index (χ1) is 70.9. The molecule has 1 fully saturated rings. The third-order valence-corrected chi connectivity index (χ3v) is 37.9. The molecule has 2 aliphatic heterocycles. The number of hydrogen-bond donors (Lipinski definition) is 4. The lowest BCUT2D eigenvalue weighted by Gasteiger charge is -2.37.